The van der Waals surface area contributed by atoms with E-state index in [2.05, 4.69) is 9.71 Å². The predicted molar refractivity (Wildman–Crippen MR) is 95.4 cm³/mol. The van der Waals surface area contributed by atoms with Crippen LogP contribution in [0.3, 0.4) is 0 Å². The number of nitrogens with zero attached hydrogens (tertiary/aromatic N) is 2. The van der Waals surface area contributed by atoms with E-state index in [9.17, 15) is 8.42 Å². The van der Waals surface area contributed by atoms with Crippen LogP contribution in [-0.2, 0) is 22.9 Å². The number of pyridine rings is 1. The summed E-state index contributed by atoms with van der Waals surface area (Å²) < 4.78 is 28.8. The monoisotopic (exact) mass is 343 g/mol. The van der Waals surface area contributed by atoms with Crippen LogP contribution < -0.4 is 4.72 Å². The molecule has 0 saturated carbocycles. The summed E-state index contributed by atoms with van der Waals surface area (Å²) in [6.07, 6.45) is 5.68. The minimum atomic E-state index is -3.25. The van der Waals surface area contributed by atoms with Gasteiger partial charge in [-0.15, -0.1) is 0 Å². The molecule has 3 rings (SSSR count). The first kappa shape index (κ1) is 16.7. The van der Waals surface area contributed by atoms with E-state index in [0.29, 0.717) is 19.4 Å². The lowest BCUT2D eigenvalue weighted by Crippen LogP contribution is -2.29. The maximum absolute atomic E-state index is 12.1. The van der Waals surface area contributed by atoms with Crippen molar-refractivity contribution >= 4 is 15.5 Å². The van der Waals surface area contributed by atoms with Gasteiger partial charge in [0.15, 0.2) is 0 Å². The first-order valence-electron chi connectivity index (χ1n) is 8.06. The molecule has 0 fully saturated rings. The Labute approximate surface area is 142 Å². The molecule has 5 nitrogen and oxygen atoms in total. The van der Waals surface area contributed by atoms with E-state index in [0.717, 1.165) is 23.3 Å². The zero-order valence-electron chi connectivity index (χ0n) is 13.4. The molecule has 24 heavy (non-hydrogen) atoms. The van der Waals surface area contributed by atoms with Crippen molar-refractivity contribution < 1.29 is 8.42 Å². The average Bonchev–Trinajstić information content (AvgIpc) is 2.99. The maximum atomic E-state index is 12.1. The van der Waals surface area contributed by atoms with E-state index in [1.54, 1.807) is 6.20 Å². The van der Waals surface area contributed by atoms with Crippen molar-refractivity contribution in [2.45, 2.75) is 19.3 Å². The quantitative estimate of drug-likeness (QED) is 0.683. The highest BCUT2D eigenvalue weighted by Crippen LogP contribution is 2.07. The van der Waals surface area contributed by atoms with Gasteiger partial charge in [0.1, 0.15) is 5.82 Å². The van der Waals surface area contributed by atoms with Crippen molar-refractivity contribution in [3.05, 3.63) is 72.3 Å². The van der Waals surface area contributed by atoms with Crippen LogP contribution in [0.1, 0.15) is 17.8 Å². The van der Waals surface area contributed by atoms with E-state index < -0.39 is 10.0 Å². The molecular formula is C18H21N3O2S. The Bertz CT molecular complexity index is 889. The summed E-state index contributed by atoms with van der Waals surface area (Å²) in [6, 6.07) is 15.8. The number of sulfonamides is 1. The van der Waals surface area contributed by atoms with Crippen LogP contribution in [-0.4, -0.2) is 30.1 Å². The normalized spacial score (nSPS) is 11.8. The highest BCUT2D eigenvalue weighted by molar-refractivity contribution is 7.89. The second kappa shape index (κ2) is 7.59. The molecule has 2 aromatic heterocycles. The Morgan fingerprint density at radius 2 is 1.79 bits per heavy atom. The van der Waals surface area contributed by atoms with E-state index in [-0.39, 0.29) is 5.75 Å². The van der Waals surface area contributed by atoms with Gasteiger partial charge in [0.25, 0.3) is 0 Å². The van der Waals surface area contributed by atoms with Crippen molar-refractivity contribution in [2.24, 2.45) is 0 Å². The molecule has 0 saturated heterocycles. The summed E-state index contributed by atoms with van der Waals surface area (Å²) in [5.41, 5.74) is 2.18. The third-order valence-electron chi connectivity index (χ3n) is 3.91. The molecule has 0 bridgehead atoms. The van der Waals surface area contributed by atoms with Crippen molar-refractivity contribution in [1.29, 1.82) is 0 Å². The van der Waals surface area contributed by atoms with Crippen LogP contribution in [0.25, 0.3) is 5.52 Å². The average molecular weight is 343 g/mol. The Kier molecular flexibility index (Phi) is 5.27. The number of hydrogen-bond acceptors (Lipinski definition) is 3. The third kappa shape index (κ3) is 4.43. The van der Waals surface area contributed by atoms with Gasteiger partial charge in [-0.1, -0.05) is 36.4 Å². The minimum Gasteiger partial charge on any atom is -0.304 e. The van der Waals surface area contributed by atoms with Crippen LogP contribution in [0.4, 0.5) is 0 Å². The zero-order chi connectivity index (χ0) is 16.8. The standard InChI is InChI=1S/C18H21N3O2S/c22-24(23,14-6-9-16-7-2-1-3-8-16)20-12-11-18-19-15-17-10-4-5-13-21(17)18/h1-5,7-8,10,13,15,20H,6,9,11-12,14H2. The maximum Gasteiger partial charge on any atom is 0.211 e. The first-order chi connectivity index (χ1) is 11.6. The van der Waals surface area contributed by atoms with Crippen LogP contribution in [0.2, 0.25) is 0 Å². The SMILES string of the molecule is O=S(=O)(CCCc1ccccc1)NCCc1ncc2ccccn12. The molecule has 0 atom stereocenters. The highest BCUT2D eigenvalue weighted by Gasteiger charge is 2.10. The molecule has 0 amide bonds. The molecule has 0 aliphatic carbocycles. The van der Waals surface area contributed by atoms with E-state index in [4.69, 9.17) is 0 Å². The van der Waals surface area contributed by atoms with Crippen LogP contribution in [0.15, 0.2) is 60.9 Å². The first-order valence-corrected chi connectivity index (χ1v) is 9.71. The fourth-order valence-electron chi connectivity index (χ4n) is 2.69. The molecule has 0 aliphatic heterocycles. The summed E-state index contributed by atoms with van der Waals surface area (Å²) in [6.45, 7) is 0.363. The Morgan fingerprint density at radius 1 is 1.00 bits per heavy atom. The number of aromatic nitrogens is 2. The lowest BCUT2D eigenvalue weighted by atomic mass is 10.1. The van der Waals surface area contributed by atoms with Gasteiger partial charge < -0.3 is 4.40 Å². The minimum absolute atomic E-state index is 0.143. The molecule has 0 spiro atoms. The van der Waals surface area contributed by atoms with Crippen LogP contribution in [0, 0.1) is 0 Å². The molecule has 0 unspecified atom stereocenters. The molecule has 126 valence electrons. The molecule has 0 aliphatic rings. The van der Waals surface area contributed by atoms with Gasteiger partial charge in [-0.2, -0.15) is 0 Å². The van der Waals surface area contributed by atoms with Gasteiger partial charge in [0.05, 0.1) is 17.5 Å². The topological polar surface area (TPSA) is 63.5 Å². The summed E-state index contributed by atoms with van der Waals surface area (Å²) in [7, 11) is -3.25. The van der Waals surface area contributed by atoms with E-state index in [1.807, 2.05) is 59.1 Å². The number of fused-ring (bicyclic) bond motifs is 1. The summed E-state index contributed by atoms with van der Waals surface area (Å²) >= 11 is 0. The predicted octanol–water partition coefficient (Wildman–Crippen LogP) is 2.43. The van der Waals surface area contributed by atoms with Crippen molar-refractivity contribution in [1.82, 2.24) is 14.1 Å². The number of hydrogen-bond donors (Lipinski definition) is 1. The molecular weight excluding hydrogens is 322 g/mol. The summed E-state index contributed by atoms with van der Waals surface area (Å²) in [5, 5.41) is 0. The largest absolute Gasteiger partial charge is 0.304 e. The molecule has 3 aromatic rings. The van der Waals surface area contributed by atoms with Crippen LogP contribution in [0.5, 0.6) is 0 Å². The molecule has 1 N–H and O–H groups in total. The van der Waals surface area contributed by atoms with Crippen LogP contribution >= 0.6 is 0 Å². The summed E-state index contributed by atoms with van der Waals surface area (Å²) in [5.74, 6) is 1.00. The number of benzene rings is 1. The third-order valence-corrected chi connectivity index (χ3v) is 5.38. The zero-order valence-corrected chi connectivity index (χ0v) is 14.2. The van der Waals surface area contributed by atoms with Crippen molar-refractivity contribution in [3.63, 3.8) is 0 Å². The number of aryl methyl sites for hydroxylation is 1. The fourth-order valence-corrected chi connectivity index (χ4v) is 3.77. The Morgan fingerprint density at radius 3 is 2.62 bits per heavy atom. The smallest absolute Gasteiger partial charge is 0.211 e. The van der Waals surface area contributed by atoms with Gasteiger partial charge in [-0.05, 0) is 30.5 Å². The Balaban J connectivity index is 1.46. The van der Waals surface area contributed by atoms with Gasteiger partial charge in [0.2, 0.25) is 10.0 Å². The number of imidazole rings is 1. The molecule has 2 heterocycles. The van der Waals surface area contributed by atoms with Gasteiger partial charge in [0, 0.05) is 19.2 Å². The number of nitrogens with one attached hydrogen (secondary N) is 1. The lowest BCUT2D eigenvalue weighted by molar-refractivity contribution is 0.578. The number of rotatable bonds is 8. The molecule has 6 heteroatoms. The van der Waals surface area contributed by atoms with Gasteiger partial charge in [-0.25, -0.2) is 18.1 Å². The molecule has 0 radical (unpaired) electrons. The highest BCUT2D eigenvalue weighted by atomic mass is 32.2. The second-order valence-corrected chi connectivity index (χ2v) is 7.65. The second-order valence-electron chi connectivity index (χ2n) is 5.72. The lowest BCUT2D eigenvalue weighted by Gasteiger charge is -2.07. The molecule has 1 aromatic carbocycles. The van der Waals surface area contributed by atoms with E-state index >= 15 is 0 Å². The fraction of sp³-hybridized carbons (Fsp3) is 0.278. The van der Waals surface area contributed by atoms with Gasteiger partial charge in [-0.3, -0.25) is 0 Å². The van der Waals surface area contributed by atoms with E-state index in [1.165, 1.54) is 0 Å². The van der Waals surface area contributed by atoms with Crippen molar-refractivity contribution in [3.8, 4) is 0 Å². The summed E-state index contributed by atoms with van der Waals surface area (Å²) in [4.78, 5) is 4.34. The van der Waals surface area contributed by atoms with Gasteiger partial charge >= 0.3 is 0 Å². The van der Waals surface area contributed by atoms with Crippen molar-refractivity contribution in [2.75, 3.05) is 12.3 Å². The Hall–Kier alpha value is -2.18.